The van der Waals surface area contributed by atoms with Crippen LogP contribution in [0.1, 0.15) is 11.3 Å². The van der Waals surface area contributed by atoms with Gasteiger partial charge in [0, 0.05) is 40.5 Å². The molecular formula is C20H18N7O3S+. The molecule has 0 saturated carbocycles. The van der Waals surface area contributed by atoms with Crippen LogP contribution in [0.3, 0.4) is 0 Å². The zero-order chi connectivity index (χ0) is 21.7. The highest BCUT2D eigenvalue weighted by molar-refractivity contribution is 7.89. The lowest BCUT2D eigenvalue weighted by Crippen LogP contribution is -2.55. The molecule has 31 heavy (non-hydrogen) atoms. The summed E-state index contributed by atoms with van der Waals surface area (Å²) in [5.74, 6) is 0.455. The van der Waals surface area contributed by atoms with Crippen LogP contribution in [0.15, 0.2) is 77.8 Å². The van der Waals surface area contributed by atoms with Crippen molar-refractivity contribution in [1.82, 2.24) is 29.9 Å². The number of nitrogens with zero attached hydrogens (tertiary/aromatic N) is 5. The van der Waals surface area contributed by atoms with Gasteiger partial charge in [-0.3, -0.25) is 4.98 Å². The number of H-pyrrole nitrogens is 1. The van der Waals surface area contributed by atoms with Gasteiger partial charge in [-0.2, -0.15) is 9.52 Å². The topological polar surface area (TPSA) is 136 Å². The molecule has 4 rings (SSSR count). The molecule has 0 fully saturated rings. The number of tetrazole rings is 1. The number of aromatic amines is 1. The Bertz CT molecular complexity index is 1240. The van der Waals surface area contributed by atoms with Gasteiger partial charge in [0.05, 0.1) is 17.1 Å². The molecule has 11 heteroatoms. The summed E-state index contributed by atoms with van der Waals surface area (Å²) in [6.45, 7) is 0.227. The summed E-state index contributed by atoms with van der Waals surface area (Å²) in [4.78, 5) is 15.1. The molecule has 10 nitrogen and oxygen atoms in total. The summed E-state index contributed by atoms with van der Waals surface area (Å²) in [5.41, 5.74) is 2.45. The van der Waals surface area contributed by atoms with Gasteiger partial charge in [0.1, 0.15) is 0 Å². The van der Waals surface area contributed by atoms with Crippen LogP contribution in [0.4, 0.5) is 5.69 Å². The van der Waals surface area contributed by atoms with Crippen molar-refractivity contribution in [2.75, 3.05) is 0 Å². The van der Waals surface area contributed by atoms with Crippen LogP contribution in [0.5, 0.6) is 0 Å². The molecule has 4 aromatic rings. The number of hydrogen-bond donors (Lipinski definition) is 2. The van der Waals surface area contributed by atoms with Gasteiger partial charge in [-0.25, -0.2) is 8.42 Å². The van der Waals surface area contributed by atoms with Crippen molar-refractivity contribution in [3.63, 3.8) is 0 Å². The van der Waals surface area contributed by atoms with Gasteiger partial charge < -0.3 is 0 Å². The van der Waals surface area contributed by atoms with Crippen molar-refractivity contribution < 1.29 is 13.6 Å². The highest BCUT2D eigenvalue weighted by Gasteiger charge is 2.26. The maximum Gasteiger partial charge on any atom is 0.253 e. The molecular weight excluding hydrogens is 418 g/mol. The molecule has 0 aliphatic heterocycles. The molecule has 0 unspecified atom stereocenters. The average Bonchev–Trinajstić information content (AvgIpc) is 3.35. The highest BCUT2D eigenvalue weighted by Crippen LogP contribution is 2.22. The molecule has 0 saturated heterocycles. The lowest BCUT2D eigenvalue weighted by molar-refractivity contribution is -0.379. The second-order valence-corrected chi connectivity index (χ2v) is 8.59. The fourth-order valence-electron chi connectivity index (χ4n) is 2.99. The Morgan fingerprint density at radius 1 is 0.935 bits per heavy atom. The van der Waals surface area contributed by atoms with Gasteiger partial charge in [0.25, 0.3) is 5.69 Å². The largest absolute Gasteiger partial charge is 0.260 e. The molecule has 2 aromatic heterocycles. The van der Waals surface area contributed by atoms with Crippen LogP contribution in [-0.4, -0.2) is 38.3 Å². The second-order valence-electron chi connectivity index (χ2n) is 6.65. The van der Waals surface area contributed by atoms with E-state index in [9.17, 15) is 13.3 Å². The number of hydrogen-bond acceptors (Lipinski definition) is 7. The van der Waals surface area contributed by atoms with Crippen LogP contribution >= 0.6 is 0 Å². The van der Waals surface area contributed by atoms with Crippen molar-refractivity contribution >= 4 is 15.7 Å². The Labute approximate surface area is 178 Å². The van der Waals surface area contributed by atoms with Crippen LogP contribution < -0.4 is 5.18 Å². The molecule has 0 aliphatic rings. The third-order valence-electron chi connectivity index (χ3n) is 4.59. The molecule has 0 amide bonds. The summed E-state index contributed by atoms with van der Waals surface area (Å²) >= 11 is 0. The number of aromatic nitrogens is 5. The number of rotatable bonds is 8. The van der Waals surface area contributed by atoms with E-state index >= 15 is 0 Å². The quantitative estimate of drug-likeness (QED) is 0.423. The van der Waals surface area contributed by atoms with Crippen LogP contribution in [0.2, 0.25) is 0 Å². The Hall–Kier alpha value is -3.83. The molecule has 0 aliphatic carbocycles. The first kappa shape index (κ1) is 20.4. The predicted molar refractivity (Wildman–Crippen MR) is 111 cm³/mol. The first-order valence-corrected chi connectivity index (χ1v) is 10.7. The van der Waals surface area contributed by atoms with E-state index in [-0.39, 0.29) is 23.7 Å². The SMILES string of the molecule is O=[NH+]c1ccc(S(=O)(=O)N(Cc2ccc(-c3nn[nH]n3)cc2)Cc2ccccn2)cc1. The number of sulfonamides is 1. The van der Waals surface area contributed by atoms with E-state index < -0.39 is 10.0 Å². The molecule has 0 atom stereocenters. The van der Waals surface area contributed by atoms with Gasteiger partial charge in [0.2, 0.25) is 15.8 Å². The summed E-state index contributed by atoms with van der Waals surface area (Å²) in [6.07, 6.45) is 1.62. The van der Waals surface area contributed by atoms with Crippen LogP contribution in [0.25, 0.3) is 11.4 Å². The van der Waals surface area contributed by atoms with E-state index in [2.05, 4.69) is 25.6 Å². The Balaban J connectivity index is 1.64. The summed E-state index contributed by atoms with van der Waals surface area (Å²) in [7, 11) is -3.85. The zero-order valence-electron chi connectivity index (χ0n) is 16.2. The Kier molecular flexibility index (Phi) is 5.87. The number of nitroso groups, excluding NO2 is 1. The molecule has 2 aromatic carbocycles. The Morgan fingerprint density at radius 3 is 2.32 bits per heavy atom. The fraction of sp³-hybridized carbons (Fsp3) is 0.100. The van der Waals surface area contributed by atoms with Gasteiger partial charge in [-0.15, -0.1) is 10.2 Å². The normalized spacial score (nSPS) is 11.5. The number of nitrogens with one attached hydrogen (secondary N) is 2. The Morgan fingerprint density at radius 2 is 1.71 bits per heavy atom. The van der Waals surface area contributed by atoms with Crippen molar-refractivity contribution in [2.24, 2.45) is 0 Å². The number of benzene rings is 2. The van der Waals surface area contributed by atoms with Crippen molar-refractivity contribution in [1.29, 1.82) is 0 Å². The summed E-state index contributed by atoms with van der Waals surface area (Å²) < 4.78 is 28.1. The monoisotopic (exact) mass is 436 g/mol. The van der Waals surface area contributed by atoms with Gasteiger partial charge in [-0.1, -0.05) is 30.3 Å². The minimum absolute atomic E-state index is 0.0887. The second kappa shape index (κ2) is 8.90. The molecule has 156 valence electrons. The summed E-state index contributed by atoms with van der Waals surface area (Å²) in [6, 6.07) is 18.3. The van der Waals surface area contributed by atoms with E-state index in [0.717, 1.165) is 11.1 Å². The van der Waals surface area contributed by atoms with Crippen LogP contribution in [0, 0.1) is 4.91 Å². The highest BCUT2D eigenvalue weighted by atomic mass is 32.2. The zero-order valence-corrected chi connectivity index (χ0v) is 17.0. The van der Waals surface area contributed by atoms with Crippen molar-refractivity contribution in [3.8, 4) is 11.4 Å². The predicted octanol–water partition coefficient (Wildman–Crippen LogP) is 1.13. The molecule has 0 spiro atoms. The lowest BCUT2D eigenvalue weighted by Gasteiger charge is -2.22. The minimum Gasteiger partial charge on any atom is -0.260 e. The van der Waals surface area contributed by atoms with Gasteiger partial charge >= 0.3 is 0 Å². The number of pyridine rings is 1. The van der Waals surface area contributed by atoms with Gasteiger partial charge in [-0.05, 0) is 35.0 Å². The lowest BCUT2D eigenvalue weighted by atomic mass is 10.1. The average molecular weight is 436 g/mol. The first-order chi connectivity index (χ1) is 15.1. The molecule has 0 radical (unpaired) electrons. The van der Waals surface area contributed by atoms with E-state index in [4.69, 9.17) is 0 Å². The standard InChI is InChI=1S/C20H17N7O3S/c28-24-17-8-10-19(11-9-17)31(29,30)27(14-18-3-1-2-12-21-18)13-15-4-6-16(7-5-15)20-22-25-26-23-20/h1-12H,13-14H2,(H,22,23,25,26)/p+1. The molecule has 0 bridgehead atoms. The molecule has 2 heterocycles. The van der Waals surface area contributed by atoms with Crippen LogP contribution in [-0.2, 0) is 23.1 Å². The maximum absolute atomic E-state index is 13.4. The summed E-state index contributed by atoms with van der Waals surface area (Å²) in [5, 5.41) is 15.6. The van der Waals surface area contributed by atoms with Gasteiger partial charge in [0.15, 0.2) is 0 Å². The van der Waals surface area contributed by atoms with Crippen molar-refractivity contribution in [2.45, 2.75) is 18.0 Å². The first-order valence-electron chi connectivity index (χ1n) is 9.27. The van der Waals surface area contributed by atoms with E-state index in [0.29, 0.717) is 11.5 Å². The molecule has 2 N–H and O–H groups in total. The minimum atomic E-state index is -3.85. The van der Waals surface area contributed by atoms with E-state index in [1.165, 1.54) is 28.6 Å². The maximum atomic E-state index is 13.4. The third kappa shape index (κ3) is 4.68. The third-order valence-corrected chi connectivity index (χ3v) is 6.40. The van der Waals surface area contributed by atoms with E-state index in [1.54, 1.807) is 35.6 Å². The smallest absolute Gasteiger partial charge is 0.253 e. The fourth-order valence-corrected chi connectivity index (χ4v) is 4.39. The van der Waals surface area contributed by atoms with Crippen molar-refractivity contribution in [3.05, 3.63) is 89.1 Å². The van der Waals surface area contributed by atoms with E-state index in [1.807, 2.05) is 18.2 Å².